The summed E-state index contributed by atoms with van der Waals surface area (Å²) in [5.74, 6) is 0. The highest BCUT2D eigenvalue weighted by Crippen LogP contribution is 2.25. The largest absolute Gasteiger partial charge is 0.278 e. The van der Waals surface area contributed by atoms with Gasteiger partial charge in [-0.2, -0.15) is 10.2 Å². The fourth-order valence-electron chi connectivity index (χ4n) is 3.41. The molecule has 1 N–H and O–H groups in total. The molecule has 0 aliphatic carbocycles. The zero-order valence-corrected chi connectivity index (χ0v) is 17.2. The Hall–Kier alpha value is -3.96. The number of hydrogen-bond donors (Lipinski definition) is 1. The fraction of sp³-hybridized carbons (Fsp3) is 0. The molecule has 150 valence electrons. The number of rotatable bonds is 5. The molecule has 0 aliphatic rings. The molecule has 0 bridgehead atoms. The summed E-state index contributed by atoms with van der Waals surface area (Å²) in [6.07, 6.45) is 5.50. The molecule has 31 heavy (non-hydrogen) atoms. The summed E-state index contributed by atoms with van der Waals surface area (Å²) < 4.78 is 1.87. The van der Waals surface area contributed by atoms with Gasteiger partial charge in [0.05, 0.1) is 23.1 Å². The van der Waals surface area contributed by atoms with Crippen molar-refractivity contribution < 1.29 is 0 Å². The Bertz CT molecular complexity index is 1360. The molecule has 3 aromatic carbocycles. The number of aromatic nitrogens is 3. The number of fused-ring (bicyclic) bond motifs is 1. The summed E-state index contributed by atoms with van der Waals surface area (Å²) in [4.78, 5) is 4.37. The maximum Gasteiger partial charge on any atom is 0.102 e. The summed E-state index contributed by atoms with van der Waals surface area (Å²) >= 11 is 6.08. The van der Waals surface area contributed by atoms with E-state index in [1.54, 1.807) is 12.4 Å². The van der Waals surface area contributed by atoms with E-state index in [1.807, 2.05) is 95.8 Å². The van der Waals surface area contributed by atoms with Crippen molar-refractivity contribution in [3.05, 3.63) is 108 Å². The molecule has 2 heterocycles. The smallest absolute Gasteiger partial charge is 0.102 e. The summed E-state index contributed by atoms with van der Waals surface area (Å²) in [5.41, 5.74) is 8.59. The molecular formula is C25H18ClN5. The van der Waals surface area contributed by atoms with Crippen LogP contribution in [0.3, 0.4) is 0 Å². The molecule has 0 radical (unpaired) electrons. The maximum atomic E-state index is 6.08. The molecule has 0 spiro atoms. The van der Waals surface area contributed by atoms with Crippen molar-refractivity contribution in [2.75, 3.05) is 5.43 Å². The Morgan fingerprint density at radius 2 is 1.68 bits per heavy atom. The number of anilines is 1. The van der Waals surface area contributed by atoms with E-state index in [9.17, 15) is 0 Å². The highest BCUT2D eigenvalue weighted by molar-refractivity contribution is 6.31. The van der Waals surface area contributed by atoms with Crippen molar-refractivity contribution in [1.29, 1.82) is 0 Å². The average molecular weight is 424 g/mol. The Labute approximate surface area is 184 Å². The minimum atomic E-state index is 0.654. The van der Waals surface area contributed by atoms with E-state index in [1.165, 1.54) is 0 Å². The first-order valence-corrected chi connectivity index (χ1v) is 10.2. The molecule has 6 heteroatoms. The highest BCUT2D eigenvalue weighted by Gasteiger charge is 2.11. The van der Waals surface area contributed by atoms with Gasteiger partial charge < -0.3 is 0 Å². The molecule has 5 nitrogen and oxygen atoms in total. The average Bonchev–Trinajstić information content (AvgIpc) is 3.24. The van der Waals surface area contributed by atoms with Crippen molar-refractivity contribution in [2.24, 2.45) is 5.10 Å². The maximum absolute atomic E-state index is 6.08. The molecule has 0 fully saturated rings. The Morgan fingerprint density at radius 1 is 0.903 bits per heavy atom. The number of pyridine rings is 1. The van der Waals surface area contributed by atoms with Crippen LogP contribution in [-0.4, -0.2) is 21.0 Å². The van der Waals surface area contributed by atoms with Gasteiger partial charge in [0.25, 0.3) is 0 Å². The van der Waals surface area contributed by atoms with Crippen LogP contribution in [0.4, 0.5) is 5.69 Å². The number of hydrazone groups is 1. The molecule has 0 amide bonds. The molecular weight excluding hydrogens is 406 g/mol. The van der Waals surface area contributed by atoms with Crippen molar-refractivity contribution in [3.63, 3.8) is 0 Å². The normalized spacial score (nSPS) is 11.3. The lowest BCUT2D eigenvalue weighted by Gasteiger charge is -2.05. The van der Waals surface area contributed by atoms with Gasteiger partial charge in [-0.05, 0) is 36.4 Å². The van der Waals surface area contributed by atoms with Crippen molar-refractivity contribution in [1.82, 2.24) is 14.8 Å². The summed E-state index contributed by atoms with van der Waals surface area (Å²) in [6, 6.07) is 27.6. The van der Waals surface area contributed by atoms with E-state index in [-0.39, 0.29) is 0 Å². The minimum absolute atomic E-state index is 0.654. The topological polar surface area (TPSA) is 55.1 Å². The number of benzene rings is 3. The lowest BCUT2D eigenvalue weighted by Crippen LogP contribution is -1.93. The second-order valence-corrected chi connectivity index (χ2v) is 7.41. The third-order valence-corrected chi connectivity index (χ3v) is 5.14. The number of nitrogens with zero attached hydrogens (tertiary/aromatic N) is 4. The molecule has 5 aromatic rings. The van der Waals surface area contributed by atoms with E-state index in [0.717, 1.165) is 39.1 Å². The van der Waals surface area contributed by atoms with Gasteiger partial charge in [-0.25, -0.2) is 4.68 Å². The predicted octanol–water partition coefficient (Wildman–Crippen LogP) is 6.19. The Morgan fingerprint density at radius 3 is 2.48 bits per heavy atom. The first-order valence-electron chi connectivity index (χ1n) is 9.82. The van der Waals surface area contributed by atoms with Crippen LogP contribution in [0.1, 0.15) is 5.56 Å². The van der Waals surface area contributed by atoms with Crippen LogP contribution in [0.2, 0.25) is 5.02 Å². The molecule has 0 atom stereocenters. The Kier molecular flexibility index (Phi) is 5.17. The summed E-state index contributed by atoms with van der Waals surface area (Å²) in [6.45, 7) is 0. The van der Waals surface area contributed by atoms with Gasteiger partial charge in [0.15, 0.2) is 0 Å². The van der Waals surface area contributed by atoms with Crippen LogP contribution in [0.5, 0.6) is 0 Å². The first-order chi connectivity index (χ1) is 15.3. The number of hydrogen-bond acceptors (Lipinski definition) is 4. The van der Waals surface area contributed by atoms with Crippen molar-refractivity contribution in [2.45, 2.75) is 0 Å². The molecule has 0 saturated carbocycles. The van der Waals surface area contributed by atoms with Crippen LogP contribution in [-0.2, 0) is 0 Å². The third kappa shape index (κ3) is 4.04. The summed E-state index contributed by atoms with van der Waals surface area (Å²) in [5, 5.41) is 10.9. The second kappa shape index (κ2) is 8.42. The van der Waals surface area contributed by atoms with Crippen LogP contribution in [0.15, 0.2) is 102 Å². The van der Waals surface area contributed by atoms with Gasteiger partial charge in [0.2, 0.25) is 0 Å². The molecule has 2 aromatic heterocycles. The van der Waals surface area contributed by atoms with E-state index >= 15 is 0 Å². The van der Waals surface area contributed by atoms with E-state index in [2.05, 4.69) is 15.5 Å². The molecule has 5 rings (SSSR count). The van der Waals surface area contributed by atoms with Crippen molar-refractivity contribution in [3.8, 4) is 16.9 Å². The summed E-state index contributed by atoms with van der Waals surface area (Å²) in [7, 11) is 0. The van der Waals surface area contributed by atoms with Crippen LogP contribution in [0.25, 0.3) is 27.8 Å². The fourth-order valence-corrected chi connectivity index (χ4v) is 3.57. The van der Waals surface area contributed by atoms with Crippen LogP contribution >= 0.6 is 11.6 Å². The van der Waals surface area contributed by atoms with E-state index < -0.39 is 0 Å². The zero-order chi connectivity index (χ0) is 21.0. The first kappa shape index (κ1) is 19.0. The van der Waals surface area contributed by atoms with E-state index in [4.69, 9.17) is 16.7 Å². The minimum Gasteiger partial charge on any atom is -0.278 e. The zero-order valence-electron chi connectivity index (χ0n) is 16.5. The van der Waals surface area contributed by atoms with Gasteiger partial charge in [-0.3, -0.25) is 10.4 Å². The van der Waals surface area contributed by atoms with Gasteiger partial charge in [0.1, 0.15) is 5.69 Å². The molecule has 0 aliphatic heterocycles. The SMILES string of the molecule is Clc1ccc2c(N/N=C\c3cn(-c4ccccc4)nc3-c3ccccc3)ccnc2c1. The number of halogens is 1. The Balaban J connectivity index is 1.50. The third-order valence-electron chi connectivity index (χ3n) is 4.90. The van der Waals surface area contributed by atoms with E-state index in [0.29, 0.717) is 5.02 Å². The predicted molar refractivity (Wildman–Crippen MR) is 127 cm³/mol. The van der Waals surface area contributed by atoms with Crippen LogP contribution < -0.4 is 5.43 Å². The van der Waals surface area contributed by atoms with Gasteiger partial charge in [-0.15, -0.1) is 0 Å². The second-order valence-electron chi connectivity index (χ2n) is 6.97. The molecule has 0 unspecified atom stereocenters. The van der Waals surface area contributed by atoms with Crippen molar-refractivity contribution >= 4 is 34.4 Å². The lowest BCUT2D eigenvalue weighted by atomic mass is 10.1. The standard InChI is InChI=1S/C25H18ClN5/c26-20-11-12-22-23(13-14-27-24(22)15-20)29-28-16-19-17-31(21-9-5-2-6-10-21)30-25(19)18-7-3-1-4-8-18/h1-17H,(H,27,29)/b28-16-. The van der Waals surface area contributed by atoms with Gasteiger partial charge >= 0.3 is 0 Å². The van der Waals surface area contributed by atoms with Crippen LogP contribution in [0, 0.1) is 0 Å². The quantitative estimate of drug-likeness (QED) is 0.271. The highest BCUT2D eigenvalue weighted by atomic mass is 35.5. The number of para-hydroxylation sites is 1. The van der Waals surface area contributed by atoms with Gasteiger partial charge in [0, 0.05) is 33.9 Å². The molecule has 0 saturated heterocycles. The monoisotopic (exact) mass is 423 g/mol. The van der Waals surface area contributed by atoms with Gasteiger partial charge in [-0.1, -0.05) is 60.1 Å². The number of nitrogens with one attached hydrogen (secondary N) is 1. The lowest BCUT2D eigenvalue weighted by molar-refractivity contribution is 0.884.